The molecule has 0 amide bonds. The van der Waals surface area contributed by atoms with Crippen molar-refractivity contribution in [2.24, 2.45) is 0 Å². The van der Waals surface area contributed by atoms with Crippen molar-refractivity contribution in [3.8, 4) is 0 Å². The Bertz CT molecular complexity index is 838. The minimum Gasteiger partial charge on any atom is -0.461 e. The Morgan fingerprint density at radius 3 is 2.77 bits per heavy atom. The lowest BCUT2D eigenvalue weighted by Crippen LogP contribution is -2.12. The molecule has 0 N–H and O–H groups in total. The molecule has 6 heteroatoms. The summed E-state index contributed by atoms with van der Waals surface area (Å²) in [6.45, 7) is 2.69. The van der Waals surface area contributed by atoms with Crippen molar-refractivity contribution in [2.45, 2.75) is 13.5 Å². The van der Waals surface area contributed by atoms with Gasteiger partial charge in [0.05, 0.1) is 16.7 Å². The molecule has 0 aliphatic carbocycles. The van der Waals surface area contributed by atoms with Crippen LogP contribution in [0.4, 0.5) is 0 Å². The predicted octanol–water partition coefficient (Wildman–Crippen LogP) is 5.23. The first-order valence-electron chi connectivity index (χ1n) is 6.78. The number of hydrogen-bond donors (Lipinski definition) is 0. The molecule has 0 aliphatic rings. The van der Waals surface area contributed by atoms with Crippen molar-refractivity contribution >= 4 is 50.7 Å². The van der Waals surface area contributed by atoms with Crippen LogP contribution in [0.3, 0.4) is 0 Å². The highest BCUT2D eigenvalue weighted by molar-refractivity contribution is 7.16. The van der Waals surface area contributed by atoms with Gasteiger partial charge in [-0.2, -0.15) is 0 Å². The van der Waals surface area contributed by atoms with Crippen LogP contribution in [0.1, 0.15) is 23.0 Å². The van der Waals surface area contributed by atoms with E-state index < -0.39 is 0 Å². The smallest absolute Gasteiger partial charge is 0.355 e. The fourth-order valence-corrected chi connectivity index (χ4v) is 3.54. The van der Waals surface area contributed by atoms with Gasteiger partial charge in [-0.1, -0.05) is 29.3 Å². The number of hydrogen-bond acceptors (Lipinski definition) is 3. The van der Waals surface area contributed by atoms with E-state index >= 15 is 0 Å². The maximum atomic E-state index is 12.2. The molecule has 0 bridgehead atoms. The lowest BCUT2D eigenvalue weighted by molar-refractivity contribution is 0.0515. The van der Waals surface area contributed by atoms with Crippen LogP contribution in [0.25, 0.3) is 10.2 Å². The van der Waals surface area contributed by atoms with E-state index in [-0.39, 0.29) is 5.97 Å². The maximum Gasteiger partial charge on any atom is 0.355 e. The molecule has 0 atom stereocenters. The summed E-state index contributed by atoms with van der Waals surface area (Å²) in [6, 6.07) is 9.34. The molecule has 2 aromatic heterocycles. The van der Waals surface area contributed by atoms with Gasteiger partial charge in [0.25, 0.3) is 0 Å². The highest BCUT2D eigenvalue weighted by Crippen LogP contribution is 2.28. The monoisotopic (exact) mass is 353 g/mol. The van der Waals surface area contributed by atoms with Crippen LogP contribution < -0.4 is 0 Å². The summed E-state index contributed by atoms with van der Waals surface area (Å²) < 4.78 is 7.10. The Kier molecular flexibility index (Phi) is 4.43. The van der Waals surface area contributed by atoms with Gasteiger partial charge in [0.2, 0.25) is 0 Å². The van der Waals surface area contributed by atoms with Crippen molar-refractivity contribution in [3.63, 3.8) is 0 Å². The first kappa shape index (κ1) is 15.4. The summed E-state index contributed by atoms with van der Waals surface area (Å²) in [5.41, 5.74) is 1.53. The van der Waals surface area contributed by atoms with E-state index in [1.54, 1.807) is 24.3 Å². The van der Waals surface area contributed by atoms with E-state index in [0.717, 1.165) is 15.8 Å². The first-order valence-corrected chi connectivity index (χ1v) is 8.41. The van der Waals surface area contributed by atoms with Gasteiger partial charge in [-0.25, -0.2) is 4.79 Å². The number of thiophene rings is 1. The van der Waals surface area contributed by atoms with Gasteiger partial charge in [0.1, 0.15) is 10.5 Å². The molecule has 0 saturated heterocycles. The van der Waals surface area contributed by atoms with Crippen LogP contribution in [0.5, 0.6) is 0 Å². The molecule has 3 rings (SSSR count). The second-order valence-corrected chi connectivity index (χ2v) is 6.47. The Hall–Kier alpha value is -1.49. The number of ether oxygens (including phenoxy) is 1. The summed E-state index contributed by atoms with van der Waals surface area (Å²) >= 11 is 13.6. The van der Waals surface area contributed by atoms with Gasteiger partial charge in [-0.15, -0.1) is 11.3 Å². The lowest BCUT2D eigenvalue weighted by Gasteiger charge is -2.10. The van der Waals surface area contributed by atoms with E-state index in [0.29, 0.717) is 28.9 Å². The van der Waals surface area contributed by atoms with Gasteiger partial charge in [-0.05, 0) is 42.1 Å². The summed E-state index contributed by atoms with van der Waals surface area (Å²) in [4.78, 5) is 13.2. The van der Waals surface area contributed by atoms with Gasteiger partial charge < -0.3 is 9.30 Å². The average molecular weight is 354 g/mol. The predicted molar refractivity (Wildman–Crippen MR) is 91.3 cm³/mol. The number of halogens is 2. The Morgan fingerprint density at radius 2 is 2.05 bits per heavy atom. The zero-order valence-electron chi connectivity index (χ0n) is 11.8. The number of rotatable bonds is 4. The van der Waals surface area contributed by atoms with Crippen LogP contribution in [0.2, 0.25) is 10.0 Å². The van der Waals surface area contributed by atoms with Crippen LogP contribution in [0, 0.1) is 0 Å². The first-order chi connectivity index (χ1) is 10.6. The van der Waals surface area contributed by atoms with Crippen molar-refractivity contribution < 1.29 is 9.53 Å². The van der Waals surface area contributed by atoms with Gasteiger partial charge in [0, 0.05) is 11.9 Å². The van der Waals surface area contributed by atoms with Crippen LogP contribution in [-0.4, -0.2) is 17.1 Å². The topological polar surface area (TPSA) is 31.2 Å². The number of nitrogens with zero attached hydrogens (tertiary/aromatic N) is 1. The molecule has 1 aromatic carbocycles. The maximum absolute atomic E-state index is 12.2. The summed E-state index contributed by atoms with van der Waals surface area (Å²) in [6.07, 6.45) is 0. The van der Waals surface area contributed by atoms with Gasteiger partial charge in [-0.3, -0.25) is 0 Å². The van der Waals surface area contributed by atoms with Crippen LogP contribution >= 0.6 is 34.5 Å². The lowest BCUT2D eigenvalue weighted by atomic mass is 10.2. The molecule has 2 heterocycles. The summed E-state index contributed by atoms with van der Waals surface area (Å²) in [5, 5.41) is 4.06. The van der Waals surface area contributed by atoms with E-state index in [4.69, 9.17) is 27.9 Å². The minimum absolute atomic E-state index is 0.314. The van der Waals surface area contributed by atoms with Crippen molar-refractivity contribution in [3.05, 3.63) is 57.0 Å². The zero-order chi connectivity index (χ0) is 15.7. The number of carbonyl (C=O) groups is 1. The standard InChI is InChI=1S/C16H13Cl2NO2S/c1-2-21-16(20)14-8-11-5-6-22-15(11)19(14)9-10-3-4-12(17)13(18)7-10/h3-8H,2,9H2,1H3. The zero-order valence-corrected chi connectivity index (χ0v) is 14.1. The van der Waals surface area contributed by atoms with Crippen molar-refractivity contribution in [2.75, 3.05) is 6.61 Å². The molecular formula is C16H13Cl2NO2S. The second kappa shape index (κ2) is 6.32. The fourth-order valence-electron chi connectivity index (χ4n) is 2.33. The molecular weight excluding hydrogens is 341 g/mol. The van der Waals surface area contributed by atoms with Crippen molar-refractivity contribution in [1.82, 2.24) is 4.57 Å². The highest BCUT2D eigenvalue weighted by atomic mass is 35.5. The SMILES string of the molecule is CCOC(=O)c1cc2ccsc2n1Cc1ccc(Cl)c(Cl)c1. The van der Waals surface area contributed by atoms with E-state index in [1.807, 2.05) is 34.2 Å². The third-order valence-corrected chi connectivity index (χ3v) is 5.00. The van der Waals surface area contributed by atoms with Crippen molar-refractivity contribution in [1.29, 1.82) is 0 Å². The van der Waals surface area contributed by atoms with E-state index in [9.17, 15) is 4.79 Å². The minimum atomic E-state index is -0.314. The molecule has 0 aliphatic heterocycles. The summed E-state index contributed by atoms with van der Waals surface area (Å²) in [5.74, 6) is -0.314. The number of benzene rings is 1. The largest absolute Gasteiger partial charge is 0.461 e. The molecule has 114 valence electrons. The van der Waals surface area contributed by atoms with Gasteiger partial charge in [0.15, 0.2) is 0 Å². The molecule has 0 radical (unpaired) electrons. The van der Waals surface area contributed by atoms with E-state index in [1.165, 1.54) is 0 Å². The molecule has 0 spiro atoms. The second-order valence-electron chi connectivity index (χ2n) is 4.77. The molecule has 22 heavy (non-hydrogen) atoms. The summed E-state index contributed by atoms with van der Waals surface area (Å²) in [7, 11) is 0. The number of esters is 1. The third-order valence-electron chi connectivity index (χ3n) is 3.31. The Labute approximate surface area is 142 Å². The molecule has 0 unspecified atom stereocenters. The van der Waals surface area contributed by atoms with Gasteiger partial charge >= 0.3 is 5.97 Å². The molecule has 0 saturated carbocycles. The van der Waals surface area contributed by atoms with E-state index in [2.05, 4.69) is 0 Å². The third kappa shape index (κ3) is 2.86. The molecule has 3 nitrogen and oxygen atoms in total. The number of carbonyl (C=O) groups excluding carboxylic acids is 1. The quantitative estimate of drug-likeness (QED) is 0.601. The van der Waals surface area contributed by atoms with Crippen LogP contribution in [-0.2, 0) is 11.3 Å². The molecule has 0 fully saturated rings. The van der Waals surface area contributed by atoms with Crippen LogP contribution in [0.15, 0.2) is 35.7 Å². The fraction of sp³-hybridized carbons (Fsp3) is 0.188. The molecule has 3 aromatic rings. The number of fused-ring (bicyclic) bond motifs is 1. The highest BCUT2D eigenvalue weighted by Gasteiger charge is 2.17. The Balaban J connectivity index is 2.03. The normalized spacial score (nSPS) is 11.0. The average Bonchev–Trinajstić information content (AvgIpc) is 3.06. The number of aromatic nitrogens is 1. The Morgan fingerprint density at radius 1 is 1.23 bits per heavy atom.